The van der Waals surface area contributed by atoms with Gasteiger partial charge in [-0.3, -0.25) is 4.90 Å². The molecule has 2 rings (SSSR count). The highest BCUT2D eigenvalue weighted by Gasteiger charge is 2.43. The lowest BCUT2D eigenvalue weighted by Gasteiger charge is -2.48. The maximum absolute atomic E-state index is 12.4. The van der Waals surface area contributed by atoms with Gasteiger partial charge in [0.25, 0.3) is 0 Å². The largest absolute Gasteiger partial charge is 0.434 e. The second kappa shape index (κ2) is 5.89. The minimum atomic E-state index is -2.82. The predicted molar refractivity (Wildman–Crippen MR) is 77.4 cm³/mol. The first kappa shape index (κ1) is 16.2. The number of aliphatic hydroxyl groups is 1. The first-order valence-corrected chi connectivity index (χ1v) is 7.19. The van der Waals surface area contributed by atoms with E-state index in [1.165, 1.54) is 0 Å². The Morgan fingerprint density at radius 2 is 1.95 bits per heavy atom. The van der Waals surface area contributed by atoms with Gasteiger partial charge < -0.3 is 9.84 Å². The summed E-state index contributed by atoms with van der Waals surface area (Å²) in [5.74, 6) is 0.225. The molecular weight excluding hydrogens is 276 g/mol. The molecular formula is C16H23F2NO2. The summed E-state index contributed by atoms with van der Waals surface area (Å²) in [6.45, 7) is 5.09. The van der Waals surface area contributed by atoms with Gasteiger partial charge in [-0.05, 0) is 19.4 Å². The van der Waals surface area contributed by atoms with Crippen molar-refractivity contribution in [3.05, 3.63) is 29.8 Å². The van der Waals surface area contributed by atoms with Crippen molar-refractivity contribution >= 4 is 0 Å². The van der Waals surface area contributed by atoms with E-state index in [1.807, 2.05) is 26.8 Å². The van der Waals surface area contributed by atoms with Gasteiger partial charge in [-0.15, -0.1) is 0 Å². The zero-order valence-electron chi connectivity index (χ0n) is 12.8. The number of alkyl halides is 2. The Hall–Kier alpha value is -1.20. The molecule has 1 saturated heterocycles. The molecule has 1 atom stereocenters. The van der Waals surface area contributed by atoms with Crippen molar-refractivity contribution in [2.45, 2.75) is 45.9 Å². The lowest BCUT2D eigenvalue weighted by Crippen LogP contribution is -2.55. The number of ether oxygens (including phenoxy) is 1. The normalized spacial score (nSPS) is 26.0. The van der Waals surface area contributed by atoms with Crippen LogP contribution in [-0.4, -0.2) is 35.3 Å². The van der Waals surface area contributed by atoms with E-state index in [0.29, 0.717) is 19.5 Å². The Labute approximate surface area is 124 Å². The predicted octanol–water partition coefficient (Wildman–Crippen LogP) is 3.27. The number of nitrogens with zero attached hydrogens (tertiary/aromatic N) is 1. The van der Waals surface area contributed by atoms with Crippen LogP contribution in [-0.2, 0) is 6.54 Å². The quantitative estimate of drug-likeness (QED) is 0.926. The number of piperidine rings is 1. The molecule has 1 N–H and O–H groups in total. The summed E-state index contributed by atoms with van der Waals surface area (Å²) in [6.07, 6.45) is 0.665. The molecule has 0 radical (unpaired) electrons. The zero-order chi connectivity index (χ0) is 15.7. The van der Waals surface area contributed by atoms with E-state index in [-0.39, 0.29) is 11.2 Å². The van der Waals surface area contributed by atoms with Crippen LogP contribution in [0.15, 0.2) is 24.3 Å². The second-order valence-electron chi connectivity index (χ2n) is 6.60. The van der Waals surface area contributed by atoms with Gasteiger partial charge in [-0.25, -0.2) is 0 Å². The number of halogens is 2. The Morgan fingerprint density at radius 1 is 1.29 bits per heavy atom. The second-order valence-corrected chi connectivity index (χ2v) is 6.60. The Kier molecular flexibility index (Phi) is 4.54. The van der Waals surface area contributed by atoms with Crippen molar-refractivity contribution in [1.82, 2.24) is 4.90 Å². The van der Waals surface area contributed by atoms with Gasteiger partial charge in [0.05, 0.1) is 5.60 Å². The Morgan fingerprint density at radius 3 is 2.57 bits per heavy atom. The zero-order valence-corrected chi connectivity index (χ0v) is 12.8. The van der Waals surface area contributed by atoms with Crippen molar-refractivity contribution < 1.29 is 18.6 Å². The van der Waals surface area contributed by atoms with Crippen LogP contribution in [0.1, 0.15) is 32.8 Å². The first-order chi connectivity index (χ1) is 9.71. The molecule has 1 heterocycles. The summed E-state index contributed by atoms with van der Waals surface area (Å²) in [6, 6.07) is 6.87. The van der Waals surface area contributed by atoms with Gasteiger partial charge >= 0.3 is 6.61 Å². The van der Waals surface area contributed by atoms with Crippen molar-refractivity contribution in [1.29, 1.82) is 0 Å². The van der Waals surface area contributed by atoms with Gasteiger partial charge in [-0.2, -0.15) is 8.78 Å². The van der Waals surface area contributed by atoms with Gasteiger partial charge in [0, 0.05) is 30.6 Å². The fourth-order valence-corrected chi connectivity index (χ4v) is 2.74. The summed E-state index contributed by atoms with van der Waals surface area (Å²) < 4.78 is 29.4. The van der Waals surface area contributed by atoms with Crippen molar-refractivity contribution in [3.63, 3.8) is 0 Å². The molecule has 0 saturated carbocycles. The van der Waals surface area contributed by atoms with E-state index in [1.54, 1.807) is 18.2 Å². The standard InChI is InChI=1S/C16H23F2NO2/c1-15(2)11-19(9-8-16(15,3)20)10-12-6-4-5-7-13(12)21-14(17)18/h4-7,14,20H,8-11H2,1-3H3/t16-/m1/s1. The molecule has 1 aliphatic heterocycles. The molecule has 0 amide bonds. The van der Waals surface area contributed by atoms with Crippen molar-refractivity contribution in [3.8, 4) is 5.75 Å². The van der Waals surface area contributed by atoms with Crippen LogP contribution in [0.5, 0.6) is 5.75 Å². The molecule has 1 aromatic rings. The molecule has 1 aliphatic rings. The topological polar surface area (TPSA) is 32.7 Å². The highest BCUT2D eigenvalue weighted by atomic mass is 19.3. The van der Waals surface area contributed by atoms with E-state index < -0.39 is 12.2 Å². The molecule has 5 heteroatoms. The van der Waals surface area contributed by atoms with E-state index in [9.17, 15) is 13.9 Å². The number of para-hydroxylation sites is 1. The maximum Gasteiger partial charge on any atom is 0.387 e. The maximum atomic E-state index is 12.4. The fourth-order valence-electron chi connectivity index (χ4n) is 2.74. The van der Waals surface area contributed by atoms with Crippen LogP contribution < -0.4 is 4.74 Å². The molecule has 0 aliphatic carbocycles. The molecule has 118 valence electrons. The smallest absolute Gasteiger partial charge is 0.387 e. The molecule has 3 nitrogen and oxygen atoms in total. The summed E-state index contributed by atoms with van der Waals surface area (Å²) in [4.78, 5) is 2.17. The highest BCUT2D eigenvalue weighted by molar-refractivity contribution is 5.33. The fraction of sp³-hybridized carbons (Fsp3) is 0.625. The van der Waals surface area contributed by atoms with Gasteiger partial charge in [0.1, 0.15) is 5.75 Å². The van der Waals surface area contributed by atoms with Crippen LogP contribution in [0.2, 0.25) is 0 Å². The average Bonchev–Trinajstić information content (AvgIpc) is 2.36. The summed E-state index contributed by atoms with van der Waals surface area (Å²) in [5.41, 5.74) is -0.207. The molecule has 0 bridgehead atoms. The van der Waals surface area contributed by atoms with Gasteiger partial charge in [-0.1, -0.05) is 32.0 Å². The monoisotopic (exact) mass is 299 g/mol. The minimum Gasteiger partial charge on any atom is -0.434 e. The van der Waals surface area contributed by atoms with E-state index in [2.05, 4.69) is 9.64 Å². The molecule has 1 fully saturated rings. The summed E-state index contributed by atoms with van der Waals surface area (Å²) >= 11 is 0. The molecule has 0 aromatic heterocycles. The first-order valence-electron chi connectivity index (χ1n) is 7.19. The highest BCUT2D eigenvalue weighted by Crippen LogP contribution is 2.39. The third kappa shape index (κ3) is 3.71. The third-order valence-corrected chi connectivity index (χ3v) is 4.57. The van der Waals surface area contributed by atoms with Crippen molar-refractivity contribution in [2.24, 2.45) is 5.41 Å². The van der Waals surface area contributed by atoms with Crippen LogP contribution >= 0.6 is 0 Å². The van der Waals surface area contributed by atoms with Crippen LogP contribution in [0, 0.1) is 5.41 Å². The third-order valence-electron chi connectivity index (χ3n) is 4.57. The Balaban J connectivity index is 2.09. The number of hydrogen-bond acceptors (Lipinski definition) is 3. The van der Waals surface area contributed by atoms with Gasteiger partial charge in [0.15, 0.2) is 0 Å². The van der Waals surface area contributed by atoms with Crippen LogP contribution in [0.3, 0.4) is 0 Å². The van der Waals surface area contributed by atoms with E-state index in [0.717, 1.165) is 12.1 Å². The number of rotatable bonds is 4. The van der Waals surface area contributed by atoms with Gasteiger partial charge in [0.2, 0.25) is 0 Å². The average molecular weight is 299 g/mol. The molecule has 0 spiro atoms. The van der Waals surface area contributed by atoms with Crippen LogP contribution in [0.25, 0.3) is 0 Å². The summed E-state index contributed by atoms with van der Waals surface area (Å²) in [7, 11) is 0. The number of likely N-dealkylation sites (tertiary alicyclic amines) is 1. The van der Waals surface area contributed by atoms with Crippen molar-refractivity contribution in [2.75, 3.05) is 13.1 Å². The van der Waals surface area contributed by atoms with E-state index in [4.69, 9.17) is 0 Å². The summed E-state index contributed by atoms with van der Waals surface area (Å²) in [5, 5.41) is 10.4. The molecule has 21 heavy (non-hydrogen) atoms. The lowest BCUT2D eigenvalue weighted by atomic mass is 9.71. The Bertz CT molecular complexity index is 489. The SMILES string of the molecule is CC1(C)CN(Cc2ccccc2OC(F)F)CC[C@@]1(C)O. The van der Waals surface area contributed by atoms with Crippen LogP contribution in [0.4, 0.5) is 8.78 Å². The van der Waals surface area contributed by atoms with E-state index >= 15 is 0 Å². The molecule has 1 aromatic carbocycles. The number of hydrogen-bond donors (Lipinski definition) is 1. The number of benzene rings is 1. The minimum absolute atomic E-state index is 0.225. The molecule has 0 unspecified atom stereocenters. The lowest BCUT2D eigenvalue weighted by molar-refractivity contribution is -0.107.